The number of nitrogens with one attached hydrogen (secondary N) is 1. The molecule has 0 unspecified atom stereocenters. The van der Waals surface area contributed by atoms with E-state index in [0.29, 0.717) is 6.54 Å². The number of carbonyl (C=O) groups is 1. The third-order valence-electron chi connectivity index (χ3n) is 3.76. The monoisotopic (exact) mass is 368 g/mol. The molecule has 1 saturated carbocycles. The van der Waals surface area contributed by atoms with Crippen molar-refractivity contribution in [3.8, 4) is 0 Å². The average Bonchev–Trinajstić information content (AvgIpc) is 3.18. The van der Waals surface area contributed by atoms with E-state index < -0.39 is 5.60 Å². The van der Waals surface area contributed by atoms with Crippen LogP contribution in [0.3, 0.4) is 0 Å². The van der Waals surface area contributed by atoms with Crippen LogP contribution in [0.1, 0.15) is 39.2 Å². The molecule has 0 radical (unpaired) electrons. The SMILES string of the molecule is CN(CCNC1(c2ccc(Br)cc2)CC1)C(=O)OC(C)(C)C. The summed E-state index contributed by atoms with van der Waals surface area (Å²) in [6.07, 6.45) is 2.01. The number of amides is 1. The van der Waals surface area contributed by atoms with Crippen LogP contribution in [0.5, 0.6) is 0 Å². The Bertz CT molecular complexity index is 518. The number of hydrogen-bond acceptors (Lipinski definition) is 3. The summed E-state index contributed by atoms with van der Waals surface area (Å²) < 4.78 is 6.44. The first-order valence-corrected chi connectivity index (χ1v) is 8.46. The van der Waals surface area contributed by atoms with Crippen molar-refractivity contribution in [1.29, 1.82) is 0 Å². The maximum atomic E-state index is 11.9. The molecule has 0 aromatic heterocycles. The zero-order valence-electron chi connectivity index (χ0n) is 13.8. The lowest BCUT2D eigenvalue weighted by Crippen LogP contribution is -2.40. The van der Waals surface area contributed by atoms with Crippen LogP contribution in [0, 0.1) is 0 Å². The fraction of sp³-hybridized carbons (Fsp3) is 0.588. The van der Waals surface area contributed by atoms with Crippen molar-refractivity contribution in [2.45, 2.75) is 44.8 Å². The molecule has 0 aliphatic heterocycles. The van der Waals surface area contributed by atoms with Gasteiger partial charge in [0.05, 0.1) is 0 Å². The van der Waals surface area contributed by atoms with Crippen LogP contribution >= 0.6 is 15.9 Å². The van der Waals surface area contributed by atoms with Gasteiger partial charge in [-0.3, -0.25) is 0 Å². The third-order valence-corrected chi connectivity index (χ3v) is 4.29. The van der Waals surface area contributed by atoms with Crippen molar-refractivity contribution in [3.63, 3.8) is 0 Å². The molecule has 1 N–H and O–H groups in total. The normalized spacial score (nSPS) is 16.2. The van der Waals surface area contributed by atoms with E-state index in [1.54, 1.807) is 11.9 Å². The maximum absolute atomic E-state index is 11.9. The number of hydrogen-bond donors (Lipinski definition) is 1. The van der Waals surface area contributed by atoms with Crippen molar-refractivity contribution in [1.82, 2.24) is 10.2 Å². The van der Waals surface area contributed by atoms with Crippen molar-refractivity contribution in [2.75, 3.05) is 20.1 Å². The predicted octanol–water partition coefficient (Wildman–Crippen LogP) is 3.89. The standard InChI is InChI=1S/C17H25BrN2O2/c1-16(2,3)22-15(21)20(4)12-11-19-17(9-10-17)13-5-7-14(18)8-6-13/h5-8,19H,9-12H2,1-4H3. The first-order chi connectivity index (χ1) is 10.2. The molecule has 2 rings (SSSR count). The summed E-state index contributed by atoms with van der Waals surface area (Å²) in [5.74, 6) is 0. The van der Waals surface area contributed by atoms with Gasteiger partial charge in [0.1, 0.15) is 5.60 Å². The van der Waals surface area contributed by atoms with Gasteiger partial charge in [-0.05, 0) is 51.3 Å². The van der Waals surface area contributed by atoms with Crippen LogP contribution in [-0.4, -0.2) is 36.7 Å². The largest absolute Gasteiger partial charge is 0.444 e. The van der Waals surface area contributed by atoms with Crippen LogP contribution in [0.4, 0.5) is 4.79 Å². The second-order valence-electron chi connectivity index (χ2n) is 6.92. The fourth-order valence-electron chi connectivity index (χ4n) is 2.36. The predicted molar refractivity (Wildman–Crippen MR) is 91.9 cm³/mol. The molecule has 1 aromatic carbocycles. The molecule has 1 aromatic rings. The van der Waals surface area contributed by atoms with Crippen LogP contribution in [-0.2, 0) is 10.3 Å². The lowest BCUT2D eigenvalue weighted by molar-refractivity contribution is 0.0299. The van der Waals surface area contributed by atoms with Crippen molar-refractivity contribution >= 4 is 22.0 Å². The minimum Gasteiger partial charge on any atom is -0.444 e. The Labute approximate surface area is 141 Å². The number of rotatable bonds is 5. The Morgan fingerprint density at radius 2 is 1.91 bits per heavy atom. The average molecular weight is 369 g/mol. The minimum absolute atomic E-state index is 0.0927. The van der Waals surface area contributed by atoms with Gasteiger partial charge in [0.25, 0.3) is 0 Å². The highest BCUT2D eigenvalue weighted by Crippen LogP contribution is 2.45. The van der Waals surface area contributed by atoms with Crippen molar-refractivity contribution in [2.24, 2.45) is 0 Å². The first kappa shape index (κ1) is 17.3. The fourth-order valence-corrected chi connectivity index (χ4v) is 2.62. The van der Waals surface area contributed by atoms with Gasteiger partial charge < -0.3 is 15.0 Å². The number of benzene rings is 1. The van der Waals surface area contributed by atoms with Crippen LogP contribution in [0.2, 0.25) is 0 Å². The van der Waals surface area contributed by atoms with Gasteiger partial charge in [-0.2, -0.15) is 0 Å². The van der Waals surface area contributed by atoms with Gasteiger partial charge in [0.15, 0.2) is 0 Å². The summed E-state index contributed by atoms with van der Waals surface area (Å²) in [6.45, 7) is 7.02. The molecule has 1 aliphatic carbocycles. The zero-order chi connectivity index (χ0) is 16.4. The number of likely N-dealkylation sites (N-methyl/N-ethyl adjacent to an activating group) is 1. The highest BCUT2D eigenvalue weighted by Gasteiger charge is 2.43. The number of ether oxygens (including phenoxy) is 1. The quantitative estimate of drug-likeness (QED) is 0.856. The van der Waals surface area contributed by atoms with Crippen molar-refractivity contribution < 1.29 is 9.53 Å². The molecular weight excluding hydrogens is 344 g/mol. The van der Waals surface area contributed by atoms with Gasteiger partial charge in [-0.1, -0.05) is 28.1 Å². The second-order valence-corrected chi connectivity index (χ2v) is 7.83. The number of nitrogens with zero attached hydrogens (tertiary/aromatic N) is 1. The molecular formula is C17H25BrN2O2. The van der Waals surface area contributed by atoms with Crippen molar-refractivity contribution in [3.05, 3.63) is 34.3 Å². The first-order valence-electron chi connectivity index (χ1n) is 7.67. The maximum Gasteiger partial charge on any atom is 0.410 e. The highest BCUT2D eigenvalue weighted by molar-refractivity contribution is 9.10. The van der Waals surface area contributed by atoms with E-state index in [0.717, 1.165) is 23.9 Å². The number of halogens is 1. The van der Waals surface area contributed by atoms with Gasteiger partial charge >= 0.3 is 6.09 Å². The van der Waals surface area contributed by atoms with E-state index in [1.807, 2.05) is 20.8 Å². The van der Waals surface area contributed by atoms with E-state index in [-0.39, 0.29) is 11.6 Å². The Hall–Kier alpha value is -1.07. The van der Waals surface area contributed by atoms with Crippen LogP contribution in [0.15, 0.2) is 28.7 Å². The van der Waals surface area contributed by atoms with Gasteiger partial charge in [-0.15, -0.1) is 0 Å². The lowest BCUT2D eigenvalue weighted by Gasteiger charge is -2.25. The molecule has 5 heteroatoms. The molecule has 1 fully saturated rings. The molecule has 0 bridgehead atoms. The minimum atomic E-state index is -0.450. The van der Waals surface area contributed by atoms with Crippen LogP contribution < -0.4 is 5.32 Å². The van der Waals surface area contributed by atoms with Gasteiger partial charge in [0, 0.05) is 30.1 Å². The summed E-state index contributed by atoms with van der Waals surface area (Å²) >= 11 is 3.47. The summed E-state index contributed by atoms with van der Waals surface area (Å²) in [4.78, 5) is 13.5. The van der Waals surface area contributed by atoms with E-state index in [9.17, 15) is 4.79 Å². The van der Waals surface area contributed by atoms with Gasteiger partial charge in [0.2, 0.25) is 0 Å². The smallest absolute Gasteiger partial charge is 0.410 e. The Balaban J connectivity index is 1.81. The molecule has 0 atom stereocenters. The van der Waals surface area contributed by atoms with E-state index in [1.165, 1.54) is 5.56 Å². The Kier molecular flexibility index (Phi) is 5.17. The molecule has 1 aliphatic rings. The van der Waals surface area contributed by atoms with Gasteiger partial charge in [-0.25, -0.2) is 4.79 Å². The highest BCUT2D eigenvalue weighted by atomic mass is 79.9. The molecule has 1 amide bonds. The summed E-state index contributed by atoms with van der Waals surface area (Å²) in [7, 11) is 1.77. The summed E-state index contributed by atoms with van der Waals surface area (Å²) in [5, 5.41) is 3.59. The Morgan fingerprint density at radius 3 is 2.41 bits per heavy atom. The molecule has 0 saturated heterocycles. The molecule has 122 valence electrons. The zero-order valence-corrected chi connectivity index (χ0v) is 15.4. The molecule has 0 spiro atoms. The molecule has 0 heterocycles. The van der Waals surface area contributed by atoms with E-state index >= 15 is 0 Å². The van der Waals surface area contributed by atoms with E-state index in [2.05, 4.69) is 45.5 Å². The van der Waals surface area contributed by atoms with Crippen LogP contribution in [0.25, 0.3) is 0 Å². The van der Waals surface area contributed by atoms with E-state index in [4.69, 9.17) is 4.74 Å². The summed E-state index contributed by atoms with van der Waals surface area (Å²) in [5.41, 5.74) is 0.958. The lowest BCUT2D eigenvalue weighted by atomic mass is 10.1. The topological polar surface area (TPSA) is 41.6 Å². The molecule has 4 nitrogen and oxygen atoms in total. The Morgan fingerprint density at radius 1 is 1.32 bits per heavy atom. The number of carbonyl (C=O) groups excluding carboxylic acids is 1. The third kappa shape index (κ3) is 4.71. The summed E-state index contributed by atoms with van der Waals surface area (Å²) in [6, 6.07) is 8.46. The molecule has 22 heavy (non-hydrogen) atoms. The second kappa shape index (κ2) is 6.59.